The first-order valence-electron chi connectivity index (χ1n) is 7.15. The minimum absolute atomic E-state index is 0.683. The van der Waals surface area contributed by atoms with Crippen LogP contribution in [0.15, 0.2) is 18.2 Å². The first kappa shape index (κ1) is 13.9. The summed E-state index contributed by atoms with van der Waals surface area (Å²) in [5, 5.41) is 4.58. The van der Waals surface area contributed by atoms with Gasteiger partial charge in [0.1, 0.15) is 0 Å². The van der Waals surface area contributed by atoms with Crippen molar-refractivity contribution in [3.05, 3.63) is 34.3 Å². The summed E-state index contributed by atoms with van der Waals surface area (Å²) >= 11 is 5.99. The van der Waals surface area contributed by atoms with Gasteiger partial charge in [0, 0.05) is 17.6 Å². The van der Waals surface area contributed by atoms with Crippen LogP contribution in [0, 0.1) is 12.8 Å². The van der Waals surface area contributed by atoms with E-state index in [4.69, 9.17) is 11.6 Å². The first-order chi connectivity index (χ1) is 8.66. The van der Waals surface area contributed by atoms with Gasteiger partial charge < -0.3 is 5.32 Å². The molecule has 1 N–H and O–H groups in total. The predicted octanol–water partition coefficient (Wildman–Crippen LogP) is 4.71. The number of rotatable bonds is 3. The van der Waals surface area contributed by atoms with E-state index in [0.717, 1.165) is 17.5 Å². The zero-order valence-corrected chi connectivity index (χ0v) is 12.3. The molecule has 2 unspecified atom stereocenters. The lowest BCUT2D eigenvalue weighted by Crippen LogP contribution is -2.33. The summed E-state index contributed by atoms with van der Waals surface area (Å²) in [6, 6.07) is 6.87. The van der Waals surface area contributed by atoms with Gasteiger partial charge in [-0.05, 0) is 48.9 Å². The number of nitrogens with one attached hydrogen (secondary N) is 1. The van der Waals surface area contributed by atoms with Crippen molar-refractivity contribution in [1.82, 2.24) is 5.32 Å². The molecule has 1 aromatic rings. The first-order valence-corrected chi connectivity index (χ1v) is 7.53. The highest BCUT2D eigenvalue weighted by molar-refractivity contribution is 6.30. The van der Waals surface area contributed by atoms with E-state index >= 15 is 0 Å². The van der Waals surface area contributed by atoms with Gasteiger partial charge in [-0.15, -0.1) is 0 Å². The van der Waals surface area contributed by atoms with Crippen LogP contribution in [0.4, 0.5) is 0 Å². The Morgan fingerprint density at radius 3 is 2.78 bits per heavy atom. The summed E-state index contributed by atoms with van der Waals surface area (Å²) in [6.45, 7) is 5.50. The van der Waals surface area contributed by atoms with E-state index < -0.39 is 0 Å². The molecular weight excluding hydrogens is 242 g/mol. The third-order valence-corrected chi connectivity index (χ3v) is 4.46. The summed E-state index contributed by atoms with van der Waals surface area (Å²) in [5.74, 6) is 0.806. The molecule has 1 aromatic carbocycles. The maximum atomic E-state index is 5.99. The van der Waals surface area contributed by atoms with E-state index in [9.17, 15) is 0 Å². The van der Waals surface area contributed by atoms with Gasteiger partial charge in [0.05, 0.1) is 0 Å². The summed E-state index contributed by atoms with van der Waals surface area (Å²) in [7, 11) is 0. The predicted molar refractivity (Wildman–Crippen MR) is 79.1 cm³/mol. The minimum Gasteiger partial charge on any atom is -0.310 e. The largest absolute Gasteiger partial charge is 0.310 e. The quantitative estimate of drug-likeness (QED) is 0.781. The molecule has 2 heteroatoms. The van der Waals surface area contributed by atoms with Gasteiger partial charge in [-0.3, -0.25) is 0 Å². The second-order valence-electron chi connectivity index (χ2n) is 5.67. The Balaban J connectivity index is 1.93. The van der Waals surface area contributed by atoms with Gasteiger partial charge in [-0.2, -0.15) is 0 Å². The van der Waals surface area contributed by atoms with Crippen LogP contribution in [-0.2, 0) is 6.54 Å². The SMILES string of the molecule is Cc1cc(Cl)ccc1CNC1CCCCCC1C. The lowest BCUT2D eigenvalue weighted by Gasteiger charge is -2.23. The monoisotopic (exact) mass is 265 g/mol. The lowest BCUT2D eigenvalue weighted by molar-refractivity contribution is 0.356. The number of benzene rings is 1. The van der Waals surface area contributed by atoms with E-state index in [1.54, 1.807) is 0 Å². The standard InChI is InChI=1S/C16H24ClN/c1-12-6-4-3-5-7-16(12)18-11-14-8-9-15(17)10-13(14)2/h8-10,12,16,18H,3-7,11H2,1-2H3. The fourth-order valence-corrected chi connectivity index (χ4v) is 3.12. The van der Waals surface area contributed by atoms with Gasteiger partial charge in [0.15, 0.2) is 0 Å². The Morgan fingerprint density at radius 2 is 2.00 bits per heavy atom. The average molecular weight is 266 g/mol. The molecule has 0 radical (unpaired) electrons. The molecule has 0 aliphatic heterocycles. The molecule has 1 fully saturated rings. The average Bonchev–Trinajstić information content (AvgIpc) is 2.53. The van der Waals surface area contributed by atoms with Crippen molar-refractivity contribution in [3.8, 4) is 0 Å². The highest BCUT2D eigenvalue weighted by atomic mass is 35.5. The number of aryl methyl sites for hydroxylation is 1. The van der Waals surface area contributed by atoms with Crippen LogP contribution < -0.4 is 5.32 Å². The summed E-state index contributed by atoms with van der Waals surface area (Å²) in [5.41, 5.74) is 2.66. The third kappa shape index (κ3) is 3.73. The zero-order chi connectivity index (χ0) is 13.0. The van der Waals surface area contributed by atoms with E-state index in [2.05, 4.69) is 31.3 Å². The molecule has 0 heterocycles. The number of hydrogen-bond acceptors (Lipinski definition) is 1. The Kier molecular flexibility index (Phi) is 5.08. The smallest absolute Gasteiger partial charge is 0.0408 e. The van der Waals surface area contributed by atoms with Crippen molar-refractivity contribution >= 4 is 11.6 Å². The van der Waals surface area contributed by atoms with E-state index in [1.807, 2.05) is 6.07 Å². The van der Waals surface area contributed by atoms with Crippen LogP contribution in [0.25, 0.3) is 0 Å². The molecule has 2 rings (SSSR count). The van der Waals surface area contributed by atoms with Crippen LogP contribution in [0.3, 0.4) is 0 Å². The van der Waals surface area contributed by atoms with Gasteiger partial charge in [0.2, 0.25) is 0 Å². The second-order valence-corrected chi connectivity index (χ2v) is 6.11. The van der Waals surface area contributed by atoms with Gasteiger partial charge >= 0.3 is 0 Å². The maximum Gasteiger partial charge on any atom is 0.0408 e. The molecule has 2 atom stereocenters. The van der Waals surface area contributed by atoms with Crippen molar-refractivity contribution in [2.75, 3.05) is 0 Å². The van der Waals surface area contributed by atoms with E-state index in [-0.39, 0.29) is 0 Å². The fourth-order valence-electron chi connectivity index (χ4n) is 2.89. The maximum absolute atomic E-state index is 5.99. The molecule has 1 saturated carbocycles. The lowest BCUT2D eigenvalue weighted by atomic mass is 9.96. The van der Waals surface area contributed by atoms with Crippen LogP contribution >= 0.6 is 11.6 Å². The normalized spacial score (nSPS) is 24.8. The van der Waals surface area contributed by atoms with E-state index in [0.29, 0.717) is 6.04 Å². The molecule has 18 heavy (non-hydrogen) atoms. The molecule has 0 spiro atoms. The Bertz CT molecular complexity index is 389. The van der Waals surface area contributed by atoms with Gasteiger partial charge in [-0.25, -0.2) is 0 Å². The summed E-state index contributed by atoms with van der Waals surface area (Å²) in [6.07, 6.45) is 6.88. The Hall–Kier alpha value is -0.530. The molecule has 0 aromatic heterocycles. The molecule has 0 amide bonds. The molecule has 0 saturated heterocycles. The fraction of sp³-hybridized carbons (Fsp3) is 0.625. The van der Waals surface area contributed by atoms with Crippen LogP contribution in [0.2, 0.25) is 5.02 Å². The van der Waals surface area contributed by atoms with Crippen molar-refractivity contribution in [2.24, 2.45) is 5.92 Å². The minimum atomic E-state index is 0.683. The topological polar surface area (TPSA) is 12.0 Å². The van der Waals surface area contributed by atoms with Crippen molar-refractivity contribution in [1.29, 1.82) is 0 Å². The molecular formula is C16H24ClN. The van der Waals surface area contributed by atoms with Crippen LogP contribution in [0.1, 0.15) is 50.2 Å². The highest BCUT2D eigenvalue weighted by Crippen LogP contribution is 2.23. The molecule has 1 nitrogen and oxygen atoms in total. The number of hydrogen-bond donors (Lipinski definition) is 1. The Morgan fingerprint density at radius 1 is 1.22 bits per heavy atom. The second kappa shape index (κ2) is 6.58. The van der Waals surface area contributed by atoms with Crippen molar-refractivity contribution in [3.63, 3.8) is 0 Å². The molecule has 0 bridgehead atoms. The van der Waals surface area contributed by atoms with Crippen LogP contribution in [0.5, 0.6) is 0 Å². The number of halogens is 1. The van der Waals surface area contributed by atoms with Gasteiger partial charge in [-0.1, -0.05) is 43.9 Å². The highest BCUT2D eigenvalue weighted by Gasteiger charge is 2.19. The summed E-state index contributed by atoms with van der Waals surface area (Å²) < 4.78 is 0. The third-order valence-electron chi connectivity index (χ3n) is 4.22. The zero-order valence-electron chi connectivity index (χ0n) is 11.5. The molecule has 100 valence electrons. The molecule has 1 aliphatic rings. The van der Waals surface area contributed by atoms with Crippen molar-refractivity contribution in [2.45, 2.75) is 58.5 Å². The van der Waals surface area contributed by atoms with Gasteiger partial charge in [0.25, 0.3) is 0 Å². The Labute approximate surface area is 116 Å². The van der Waals surface area contributed by atoms with E-state index in [1.165, 1.54) is 43.2 Å². The molecule has 1 aliphatic carbocycles. The van der Waals surface area contributed by atoms with Crippen LogP contribution in [-0.4, -0.2) is 6.04 Å². The summed E-state index contributed by atoms with van der Waals surface area (Å²) in [4.78, 5) is 0. The van der Waals surface area contributed by atoms with Crippen molar-refractivity contribution < 1.29 is 0 Å².